The van der Waals surface area contributed by atoms with Crippen molar-refractivity contribution >= 4 is 22.6 Å². The van der Waals surface area contributed by atoms with E-state index in [4.69, 9.17) is 4.42 Å². The van der Waals surface area contributed by atoms with E-state index in [2.05, 4.69) is 33.2 Å². The molecule has 3 heterocycles. The Bertz CT molecular complexity index is 975. The molecule has 1 aliphatic rings. The van der Waals surface area contributed by atoms with Crippen molar-refractivity contribution in [2.24, 2.45) is 10.9 Å². The van der Waals surface area contributed by atoms with Gasteiger partial charge in [0, 0.05) is 24.1 Å². The molecule has 2 atom stereocenters. The molecule has 0 fully saturated rings. The van der Waals surface area contributed by atoms with E-state index in [0.717, 1.165) is 46.6 Å². The molecule has 0 radical (unpaired) electrons. The number of hydrogen-bond acceptors (Lipinski definition) is 5. The minimum Gasteiger partial charge on any atom is -0.441 e. The van der Waals surface area contributed by atoms with Gasteiger partial charge >= 0.3 is 0 Å². The van der Waals surface area contributed by atoms with Gasteiger partial charge in [0.1, 0.15) is 5.52 Å². The van der Waals surface area contributed by atoms with Crippen LogP contribution in [0.2, 0.25) is 0 Å². The number of aromatic nitrogens is 3. The molecule has 0 spiro atoms. The molecular formula is C18H17N5O. The lowest BCUT2D eigenvalue weighted by Crippen LogP contribution is -2.25. The van der Waals surface area contributed by atoms with E-state index in [1.54, 1.807) is 6.20 Å². The monoisotopic (exact) mass is 319 g/mol. The van der Waals surface area contributed by atoms with Gasteiger partial charge < -0.3 is 4.42 Å². The largest absolute Gasteiger partial charge is 0.441 e. The standard InChI is InChI=1S/C18H17N5O/c1-3-5-14-12(8-19)16(13-9-20-23-18(13)22-14)11-6-4-7-15-17(11)21-10(2)24-15/h4,6-7,9,12,16H,3,5H2,1-2H3,(H,20,23). The SMILES string of the molecule is CCCC1=Nc2[nH]ncc2C(c2cccc3oc(C)nc23)C1C#N. The highest BCUT2D eigenvalue weighted by Crippen LogP contribution is 2.43. The number of hydrogen-bond donors (Lipinski definition) is 1. The van der Waals surface area contributed by atoms with Crippen LogP contribution in [0.25, 0.3) is 11.1 Å². The van der Waals surface area contributed by atoms with Crippen LogP contribution in [0, 0.1) is 24.2 Å². The number of aryl methyl sites for hydroxylation is 1. The summed E-state index contributed by atoms with van der Waals surface area (Å²) in [7, 11) is 0. The number of H-pyrrole nitrogens is 1. The zero-order valence-electron chi connectivity index (χ0n) is 13.6. The van der Waals surface area contributed by atoms with Gasteiger partial charge in [0.2, 0.25) is 0 Å². The molecule has 4 rings (SSSR count). The maximum Gasteiger partial charge on any atom is 0.192 e. The normalized spacial score (nSPS) is 19.8. The summed E-state index contributed by atoms with van der Waals surface area (Å²) < 4.78 is 5.66. The molecule has 0 bridgehead atoms. The van der Waals surface area contributed by atoms with Crippen LogP contribution in [0.15, 0.2) is 33.8 Å². The molecule has 0 aliphatic carbocycles. The van der Waals surface area contributed by atoms with E-state index < -0.39 is 0 Å². The number of nitriles is 1. The molecule has 1 aliphatic heterocycles. The fourth-order valence-corrected chi connectivity index (χ4v) is 3.49. The number of nitrogens with zero attached hydrogens (tertiary/aromatic N) is 4. The van der Waals surface area contributed by atoms with Crippen molar-refractivity contribution in [1.29, 1.82) is 5.26 Å². The minimum absolute atomic E-state index is 0.143. The van der Waals surface area contributed by atoms with Crippen LogP contribution in [-0.2, 0) is 0 Å². The second kappa shape index (κ2) is 5.60. The molecule has 0 saturated heterocycles. The third-order valence-corrected chi connectivity index (χ3v) is 4.47. The Hall–Kier alpha value is -2.94. The van der Waals surface area contributed by atoms with Crippen molar-refractivity contribution in [3.05, 3.63) is 41.4 Å². The highest BCUT2D eigenvalue weighted by atomic mass is 16.3. The Kier molecular flexibility index (Phi) is 3.42. The topological polar surface area (TPSA) is 90.9 Å². The van der Waals surface area contributed by atoms with Crippen molar-refractivity contribution in [3.8, 4) is 6.07 Å². The lowest BCUT2D eigenvalue weighted by molar-refractivity contribution is 0.561. The van der Waals surface area contributed by atoms with Crippen LogP contribution in [0.4, 0.5) is 5.82 Å². The van der Waals surface area contributed by atoms with E-state index in [-0.39, 0.29) is 11.8 Å². The molecular weight excluding hydrogens is 302 g/mol. The number of fused-ring (bicyclic) bond motifs is 2. The van der Waals surface area contributed by atoms with Crippen molar-refractivity contribution in [2.45, 2.75) is 32.6 Å². The summed E-state index contributed by atoms with van der Waals surface area (Å²) in [6, 6.07) is 8.33. The fraction of sp³-hybridized carbons (Fsp3) is 0.333. The molecule has 2 unspecified atom stereocenters. The highest BCUT2D eigenvalue weighted by Gasteiger charge is 2.36. The summed E-state index contributed by atoms with van der Waals surface area (Å²) in [5.41, 5.74) is 4.38. The van der Waals surface area contributed by atoms with Crippen LogP contribution in [-0.4, -0.2) is 20.9 Å². The molecule has 2 aromatic heterocycles. The summed E-state index contributed by atoms with van der Waals surface area (Å²) in [4.78, 5) is 9.18. The van der Waals surface area contributed by atoms with Gasteiger partial charge in [0.15, 0.2) is 17.3 Å². The van der Waals surface area contributed by atoms with Gasteiger partial charge in [-0.05, 0) is 18.1 Å². The maximum absolute atomic E-state index is 9.85. The molecule has 3 aromatic rings. The Morgan fingerprint density at radius 3 is 3.00 bits per heavy atom. The second-order valence-corrected chi connectivity index (χ2v) is 6.04. The van der Waals surface area contributed by atoms with E-state index in [1.807, 2.05) is 25.1 Å². The van der Waals surface area contributed by atoms with Gasteiger partial charge in [0.25, 0.3) is 0 Å². The fourth-order valence-electron chi connectivity index (χ4n) is 3.49. The van der Waals surface area contributed by atoms with Gasteiger partial charge in [-0.3, -0.25) is 5.10 Å². The smallest absolute Gasteiger partial charge is 0.192 e. The number of benzene rings is 1. The van der Waals surface area contributed by atoms with Crippen molar-refractivity contribution in [3.63, 3.8) is 0 Å². The minimum atomic E-state index is -0.322. The average Bonchev–Trinajstić information content (AvgIpc) is 3.18. The van der Waals surface area contributed by atoms with Crippen molar-refractivity contribution in [1.82, 2.24) is 15.2 Å². The third-order valence-electron chi connectivity index (χ3n) is 4.47. The lowest BCUT2D eigenvalue weighted by atomic mass is 9.76. The Balaban J connectivity index is 1.95. The Morgan fingerprint density at radius 1 is 1.33 bits per heavy atom. The molecule has 120 valence electrons. The van der Waals surface area contributed by atoms with Crippen LogP contribution >= 0.6 is 0 Å². The number of para-hydroxylation sites is 1. The van der Waals surface area contributed by atoms with E-state index >= 15 is 0 Å². The highest BCUT2D eigenvalue weighted by molar-refractivity contribution is 5.95. The van der Waals surface area contributed by atoms with Crippen molar-refractivity contribution < 1.29 is 4.42 Å². The average molecular weight is 319 g/mol. The van der Waals surface area contributed by atoms with E-state index in [0.29, 0.717) is 5.89 Å². The lowest BCUT2D eigenvalue weighted by Gasteiger charge is -2.27. The summed E-state index contributed by atoms with van der Waals surface area (Å²) in [6.07, 6.45) is 3.50. The Labute approximate surface area is 139 Å². The van der Waals surface area contributed by atoms with Crippen LogP contribution < -0.4 is 0 Å². The summed E-state index contributed by atoms with van der Waals surface area (Å²) >= 11 is 0. The van der Waals surface area contributed by atoms with Gasteiger partial charge in [-0.25, -0.2) is 9.98 Å². The van der Waals surface area contributed by atoms with Crippen LogP contribution in [0.5, 0.6) is 0 Å². The first kappa shape index (κ1) is 14.6. The third kappa shape index (κ3) is 2.13. The molecule has 6 nitrogen and oxygen atoms in total. The molecule has 0 saturated carbocycles. The molecule has 1 N–H and O–H groups in total. The van der Waals surface area contributed by atoms with E-state index in [9.17, 15) is 5.26 Å². The first-order valence-corrected chi connectivity index (χ1v) is 8.09. The van der Waals surface area contributed by atoms with Gasteiger partial charge in [-0.15, -0.1) is 0 Å². The first-order valence-electron chi connectivity index (χ1n) is 8.09. The number of rotatable bonds is 3. The van der Waals surface area contributed by atoms with Gasteiger partial charge in [-0.2, -0.15) is 10.4 Å². The number of oxazole rings is 1. The molecule has 1 aromatic carbocycles. The second-order valence-electron chi connectivity index (χ2n) is 6.04. The van der Waals surface area contributed by atoms with Crippen molar-refractivity contribution in [2.75, 3.05) is 0 Å². The van der Waals surface area contributed by atoms with E-state index in [1.165, 1.54) is 0 Å². The summed E-state index contributed by atoms with van der Waals surface area (Å²) in [5.74, 6) is 0.900. The van der Waals surface area contributed by atoms with Crippen LogP contribution in [0.1, 0.15) is 42.7 Å². The number of nitrogens with one attached hydrogen (secondary N) is 1. The van der Waals surface area contributed by atoms with Gasteiger partial charge in [-0.1, -0.05) is 25.5 Å². The molecule has 0 amide bonds. The quantitative estimate of drug-likeness (QED) is 0.789. The molecule has 6 heteroatoms. The summed E-state index contributed by atoms with van der Waals surface area (Å²) in [5, 5.41) is 17.0. The first-order chi connectivity index (χ1) is 11.7. The van der Waals surface area contributed by atoms with Gasteiger partial charge in [0.05, 0.1) is 18.2 Å². The maximum atomic E-state index is 9.85. The summed E-state index contributed by atoms with van der Waals surface area (Å²) in [6.45, 7) is 3.93. The Morgan fingerprint density at radius 2 is 2.21 bits per heavy atom. The number of aliphatic imine (C=N–C) groups is 1. The van der Waals surface area contributed by atoms with Crippen LogP contribution in [0.3, 0.4) is 0 Å². The predicted molar refractivity (Wildman–Crippen MR) is 90.3 cm³/mol. The zero-order valence-corrected chi connectivity index (χ0v) is 13.6. The zero-order chi connectivity index (χ0) is 16.7. The molecule has 24 heavy (non-hydrogen) atoms. The number of aromatic amines is 1. The predicted octanol–water partition coefficient (Wildman–Crippen LogP) is 4.02.